The molecule has 0 radical (unpaired) electrons. The first-order chi connectivity index (χ1) is 5.13. The number of carbonyl (C=O) groups excluding carboxylic acids is 1. The molecular weight excluding hydrogens is 140 g/mol. The molecule has 1 aliphatic rings. The highest BCUT2D eigenvalue weighted by Gasteiger charge is 2.22. The van der Waals surface area contributed by atoms with Gasteiger partial charge in [-0.05, 0) is 6.42 Å². The third kappa shape index (κ3) is 1.42. The van der Waals surface area contributed by atoms with Crippen LogP contribution in [-0.4, -0.2) is 17.4 Å². The van der Waals surface area contributed by atoms with E-state index in [4.69, 9.17) is 5.73 Å². The Morgan fingerprint density at radius 2 is 2.18 bits per heavy atom. The van der Waals surface area contributed by atoms with E-state index in [2.05, 4.69) is 13.2 Å². The van der Waals surface area contributed by atoms with E-state index in [1.54, 1.807) is 4.90 Å². The molecule has 60 valence electrons. The van der Waals surface area contributed by atoms with E-state index in [0.717, 1.165) is 13.0 Å². The van der Waals surface area contributed by atoms with Crippen LogP contribution in [0.15, 0.2) is 24.6 Å². The van der Waals surface area contributed by atoms with Crippen LogP contribution in [0.4, 0.5) is 0 Å². The summed E-state index contributed by atoms with van der Waals surface area (Å²) in [5.41, 5.74) is 6.31. The summed E-state index contributed by atoms with van der Waals surface area (Å²) in [6.07, 6.45) is 1.50. The van der Waals surface area contributed by atoms with Gasteiger partial charge in [0.25, 0.3) is 0 Å². The van der Waals surface area contributed by atoms with Crippen LogP contribution in [0.3, 0.4) is 0 Å². The summed E-state index contributed by atoms with van der Waals surface area (Å²) in [6.45, 7) is 7.92. The average molecular weight is 152 g/mol. The smallest absolute Gasteiger partial charge is 0.227 e. The minimum absolute atomic E-state index is 0.0987. The first kappa shape index (κ1) is 7.85. The van der Waals surface area contributed by atoms with Gasteiger partial charge in [0.15, 0.2) is 0 Å². The molecule has 3 heteroatoms. The van der Waals surface area contributed by atoms with Gasteiger partial charge in [-0.25, -0.2) is 0 Å². The Bertz CT molecular complexity index is 220. The number of hydrogen-bond acceptors (Lipinski definition) is 2. The standard InChI is InChI=1S/C8H12N2O/c1-6(9)7(2)10-5-3-4-8(10)11/h1-5,9H2. The zero-order chi connectivity index (χ0) is 8.43. The maximum atomic E-state index is 11.1. The van der Waals surface area contributed by atoms with Crippen LogP contribution in [0.5, 0.6) is 0 Å². The van der Waals surface area contributed by atoms with Crippen molar-refractivity contribution >= 4 is 5.91 Å². The van der Waals surface area contributed by atoms with Crippen molar-refractivity contribution in [3.63, 3.8) is 0 Å². The molecule has 2 N–H and O–H groups in total. The lowest BCUT2D eigenvalue weighted by Gasteiger charge is -2.17. The van der Waals surface area contributed by atoms with Crippen molar-refractivity contribution < 1.29 is 4.79 Å². The molecule has 1 aliphatic heterocycles. The molecule has 1 saturated heterocycles. The van der Waals surface area contributed by atoms with Crippen molar-refractivity contribution in [1.29, 1.82) is 0 Å². The summed E-state index contributed by atoms with van der Waals surface area (Å²) < 4.78 is 0. The van der Waals surface area contributed by atoms with Gasteiger partial charge in [0.05, 0.1) is 5.70 Å². The summed E-state index contributed by atoms with van der Waals surface area (Å²) >= 11 is 0. The number of rotatable bonds is 2. The molecule has 0 aromatic carbocycles. The van der Waals surface area contributed by atoms with Crippen LogP contribution in [0.1, 0.15) is 12.8 Å². The predicted octanol–water partition coefficient (Wildman–Crippen LogP) is 0.595. The number of nitrogens with zero attached hydrogens (tertiary/aromatic N) is 1. The van der Waals surface area contributed by atoms with E-state index in [0.29, 0.717) is 17.8 Å². The van der Waals surface area contributed by atoms with Crippen molar-refractivity contribution in [2.45, 2.75) is 12.8 Å². The van der Waals surface area contributed by atoms with Crippen molar-refractivity contribution in [3.05, 3.63) is 24.6 Å². The SMILES string of the molecule is C=C(N)C(=C)N1CCCC1=O. The average Bonchev–Trinajstić information content (AvgIpc) is 2.33. The minimum Gasteiger partial charge on any atom is -0.398 e. The Balaban J connectivity index is 2.67. The Morgan fingerprint density at radius 3 is 2.55 bits per heavy atom. The molecule has 0 atom stereocenters. The molecule has 1 heterocycles. The fourth-order valence-corrected chi connectivity index (χ4v) is 1.11. The van der Waals surface area contributed by atoms with Gasteiger partial charge in [-0.3, -0.25) is 4.79 Å². The summed E-state index contributed by atoms with van der Waals surface area (Å²) in [5.74, 6) is 0.0987. The molecule has 0 aromatic rings. The highest BCUT2D eigenvalue weighted by Crippen LogP contribution is 2.16. The van der Waals surface area contributed by atoms with E-state index in [1.807, 2.05) is 0 Å². The predicted molar refractivity (Wildman–Crippen MR) is 43.4 cm³/mol. The van der Waals surface area contributed by atoms with Crippen LogP contribution in [0, 0.1) is 0 Å². The quantitative estimate of drug-likeness (QED) is 0.589. The monoisotopic (exact) mass is 152 g/mol. The second kappa shape index (κ2) is 2.78. The maximum Gasteiger partial charge on any atom is 0.227 e. The first-order valence-corrected chi connectivity index (χ1v) is 3.57. The summed E-state index contributed by atoms with van der Waals surface area (Å²) in [6, 6.07) is 0. The van der Waals surface area contributed by atoms with Gasteiger partial charge in [0.2, 0.25) is 5.91 Å². The number of hydrogen-bond donors (Lipinski definition) is 1. The third-order valence-corrected chi connectivity index (χ3v) is 1.77. The van der Waals surface area contributed by atoms with Crippen molar-refractivity contribution in [3.8, 4) is 0 Å². The zero-order valence-corrected chi connectivity index (χ0v) is 6.47. The zero-order valence-electron chi connectivity index (χ0n) is 6.47. The lowest BCUT2D eigenvalue weighted by atomic mass is 10.3. The first-order valence-electron chi connectivity index (χ1n) is 3.57. The van der Waals surface area contributed by atoms with Crippen molar-refractivity contribution in [1.82, 2.24) is 4.90 Å². The van der Waals surface area contributed by atoms with Gasteiger partial charge in [0.1, 0.15) is 0 Å². The van der Waals surface area contributed by atoms with Crippen LogP contribution >= 0.6 is 0 Å². The number of nitrogens with two attached hydrogens (primary N) is 1. The maximum absolute atomic E-state index is 11.1. The Kier molecular flexibility index (Phi) is 1.98. The molecule has 0 spiro atoms. The highest BCUT2D eigenvalue weighted by molar-refractivity contribution is 5.80. The van der Waals surface area contributed by atoms with Gasteiger partial charge in [-0.2, -0.15) is 0 Å². The van der Waals surface area contributed by atoms with E-state index in [9.17, 15) is 4.79 Å². The molecule has 3 nitrogen and oxygen atoms in total. The third-order valence-electron chi connectivity index (χ3n) is 1.77. The molecule has 1 amide bonds. The largest absolute Gasteiger partial charge is 0.398 e. The second-order valence-corrected chi connectivity index (χ2v) is 2.62. The van der Waals surface area contributed by atoms with E-state index >= 15 is 0 Å². The molecule has 1 rings (SSSR count). The van der Waals surface area contributed by atoms with Gasteiger partial charge < -0.3 is 10.6 Å². The molecule has 0 aromatic heterocycles. The summed E-state index contributed by atoms with van der Waals surface area (Å²) in [4.78, 5) is 12.7. The summed E-state index contributed by atoms with van der Waals surface area (Å²) in [7, 11) is 0. The van der Waals surface area contributed by atoms with E-state index < -0.39 is 0 Å². The summed E-state index contributed by atoms with van der Waals surface area (Å²) in [5, 5.41) is 0. The molecule has 0 unspecified atom stereocenters. The van der Waals surface area contributed by atoms with E-state index in [-0.39, 0.29) is 5.91 Å². The van der Waals surface area contributed by atoms with E-state index in [1.165, 1.54) is 0 Å². The lowest BCUT2D eigenvalue weighted by molar-refractivity contribution is -0.125. The molecule has 11 heavy (non-hydrogen) atoms. The van der Waals surface area contributed by atoms with Crippen LogP contribution in [0.2, 0.25) is 0 Å². The molecule has 1 fully saturated rings. The second-order valence-electron chi connectivity index (χ2n) is 2.62. The molecule has 0 saturated carbocycles. The van der Waals surface area contributed by atoms with Crippen LogP contribution in [0.25, 0.3) is 0 Å². The number of carbonyl (C=O) groups is 1. The van der Waals surface area contributed by atoms with Crippen LogP contribution in [-0.2, 0) is 4.79 Å². The van der Waals surface area contributed by atoms with Crippen molar-refractivity contribution in [2.24, 2.45) is 5.73 Å². The van der Waals surface area contributed by atoms with Crippen molar-refractivity contribution in [2.75, 3.05) is 6.54 Å². The Labute approximate surface area is 66.2 Å². The number of likely N-dealkylation sites (tertiary alicyclic amines) is 1. The normalized spacial score (nSPS) is 17.1. The topological polar surface area (TPSA) is 46.3 Å². The number of amides is 1. The van der Waals surface area contributed by atoms with Gasteiger partial charge in [-0.15, -0.1) is 0 Å². The molecule has 0 bridgehead atoms. The highest BCUT2D eigenvalue weighted by atomic mass is 16.2. The minimum atomic E-state index is 0.0987. The fraction of sp³-hybridized carbons (Fsp3) is 0.375. The Morgan fingerprint density at radius 1 is 1.55 bits per heavy atom. The van der Waals surface area contributed by atoms with Gasteiger partial charge in [0, 0.05) is 18.7 Å². The van der Waals surface area contributed by atoms with Gasteiger partial charge in [-0.1, -0.05) is 13.2 Å². The van der Waals surface area contributed by atoms with Crippen LogP contribution < -0.4 is 5.73 Å². The molecular formula is C8H12N2O. The fourth-order valence-electron chi connectivity index (χ4n) is 1.11. The molecule has 0 aliphatic carbocycles. The Hall–Kier alpha value is -1.25. The van der Waals surface area contributed by atoms with Gasteiger partial charge >= 0.3 is 0 Å². The lowest BCUT2D eigenvalue weighted by Crippen LogP contribution is -2.25.